The Kier molecular flexibility index (Phi) is 4.43. The van der Waals surface area contributed by atoms with E-state index in [0.717, 1.165) is 22.4 Å². The molecule has 0 saturated heterocycles. The molecule has 3 aromatic rings. The molecule has 0 bridgehead atoms. The van der Waals surface area contributed by atoms with Gasteiger partial charge in [0.15, 0.2) is 11.8 Å². The van der Waals surface area contributed by atoms with Gasteiger partial charge in [0.05, 0.1) is 5.39 Å². The highest BCUT2D eigenvalue weighted by atomic mass is 16.5. The van der Waals surface area contributed by atoms with Crippen LogP contribution < -0.4 is 10.5 Å². The van der Waals surface area contributed by atoms with E-state index in [1.54, 1.807) is 36.1 Å². The third-order valence-electron chi connectivity index (χ3n) is 4.93. The van der Waals surface area contributed by atoms with Crippen molar-refractivity contribution in [2.45, 2.75) is 19.4 Å². The van der Waals surface area contributed by atoms with Crippen LogP contribution in [0.15, 0.2) is 53.3 Å². The van der Waals surface area contributed by atoms with E-state index in [-0.39, 0.29) is 17.2 Å². The van der Waals surface area contributed by atoms with E-state index in [0.29, 0.717) is 17.3 Å². The fourth-order valence-corrected chi connectivity index (χ4v) is 3.50. The van der Waals surface area contributed by atoms with Crippen molar-refractivity contribution in [1.29, 1.82) is 0 Å². The van der Waals surface area contributed by atoms with Gasteiger partial charge in [-0.2, -0.15) is 5.10 Å². The van der Waals surface area contributed by atoms with Crippen LogP contribution in [0.3, 0.4) is 0 Å². The van der Waals surface area contributed by atoms with Crippen molar-refractivity contribution in [1.82, 2.24) is 9.78 Å². The predicted molar refractivity (Wildman–Crippen MR) is 104 cm³/mol. The summed E-state index contributed by atoms with van der Waals surface area (Å²) in [4.78, 5) is 39.4. The van der Waals surface area contributed by atoms with Crippen molar-refractivity contribution in [3.8, 4) is 0 Å². The SMILES string of the molecule is C[C@@H](OC(=O)c1nn(C)c(=O)c2ccccc12)C(=O)N1CCc2ccccc21. The maximum Gasteiger partial charge on any atom is 0.360 e. The molecule has 28 heavy (non-hydrogen) atoms. The predicted octanol–water partition coefficient (Wildman–Crippen LogP) is 2.07. The van der Waals surface area contributed by atoms with Gasteiger partial charge in [-0.25, -0.2) is 9.48 Å². The highest BCUT2D eigenvalue weighted by Crippen LogP contribution is 2.28. The number of carbonyl (C=O) groups excluding carboxylic acids is 2. The third-order valence-corrected chi connectivity index (χ3v) is 4.93. The number of para-hydroxylation sites is 1. The Balaban J connectivity index is 1.59. The number of anilines is 1. The summed E-state index contributed by atoms with van der Waals surface area (Å²) in [6, 6.07) is 14.4. The molecule has 142 valence electrons. The maximum absolute atomic E-state index is 12.8. The summed E-state index contributed by atoms with van der Waals surface area (Å²) in [6.45, 7) is 2.10. The smallest absolute Gasteiger partial charge is 0.360 e. The first kappa shape index (κ1) is 17.9. The van der Waals surface area contributed by atoms with E-state index in [4.69, 9.17) is 4.74 Å². The van der Waals surface area contributed by atoms with Crippen molar-refractivity contribution in [3.05, 3.63) is 70.1 Å². The average Bonchev–Trinajstić information content (AvgIpc) is 3.14. The van der Waals surface area contributed by atoms with Crippen LogP contribution in [0, 0.1) is 0 Å². The molecule has 1 aliphatic heterocycles. The zero-order valence-corrected chi connectivity index (χ0v) is 15.6. The summed E-state index contributed by atoms with van der Waals surface area (Å²) in [7, 11) is 1.47. The van der Waals surface area contributed by atoms with Gasteiger partial charge in [0.2, 0.25) is 0 Å². The molecule has 7 nitrogen and oxygen atoms in total. The second-order valence-corrected chi connectivity index (χ2v) is 6.74. The normalized spacial score (nSPS) is 14.0. The Labute approximate surface area is 161 Å². The lowest BCUT2D eigenvalue weighted by molar-refractivity contribution is -0.126. The molecule has 0 fully saturated rings. The van der Waals surface area contributed by atoms with Gasteiger partial charge in [-0.15, -0.1) is 0 Å². The van der Waals surface area contributed by atoms with E-state index in [9.17, 15) is 14.4 Å². The van der Waals surface area contributed by atoms with Crippen molar-refractivity contribution in [3.63, 3.8) is 0 Å². The number of carbonyl (C=O) groups is 2. The summed E-state index contributed by atoms with van der Waals surface area (Å²) in [6.07, 6.45) is -0.202. The van der Waals surface area contributed by atoms with Gasteiger partial charge < -0.3 is 9.64 Å². The highest BCUT2D eigenvalue weighted by molar-refractivity contribution is 6.04. The Morgan fingerprint density at radius 2 is 1.75 bits per heavy atom. The topological polar surface area (TPSA) is 81.5 Å². The molecule has 4 rings (SSSR count). The standard InChI is InChI=1S/C21H19N3O4/c1-13(19(25)24-12-11-14-7-3-6-10-17(14)24)28-21(27)18-15-8-4-5-9-16(15)20(26)23(2)22-18/h3-10,13H,11-12H2,1-2H3/t13-/m1/s1. The fourth-order valence-electron chi connectivity index (χ4n) is 3.50. The molecule has 0 saturated carbocycles. The molecule has 1 amide bonds. The number of aromatic nitrogens is 2. The van der Waals surface area contributed by atoms with E-state index in [2.05, 4.69) is 5.10 Å². The highest BCUT2D eigenvalue weighted by Gasteiger charge is 2.30. The summed E-state index contributed by atoms with van der Waals surface area (Å²) in [5, 5.41) is 4.83. The summed E-state index contributed by atoms with van der Waals surface area (Å²) in [5.74, 6) is -1.02. The average molecular weight is 377 g/mol. The molecular formula is C21H19N3O4. The molecule has 1 aromatic heterocycles. The van der Waals surface area contributed by atoms with E-state index in [1.807, 2.05) is 24.3 Å². The minimum atomic E-state index is -0.976. The van der Waals surface area contributed by atoms with Crippen molar-refractivity contribution in [2.75, 3.05) is 11.4 Å². The number of hydrogen-bond acceptors (Lipinski definition) is 5. The maximum atomic E-state index is 12.8. The van der Waals surface area contributed by atoms with Crippen molar-refractivity contribution < 1.29 is 14.3 Å². The number of fused-ring (bicyclic) bond motifs is 2. The lowest BCUT2D eigenvalue weighted by Gasteiger charge is -2.21. The molecule has 0 spiro atoms. The van der Waals surface area contributed by atoms with Crippen LogP contribution in [0.1, 0.15) is 23.0 Å². The zero-order chi connectivity index (χ0) is 19.8. The first-order valence-electron chi connectivity index (χ1n) is 9.03. The van der Waals surface area contributed by atoms with E-state index < -0.39 is 12.1 Å². The molecule has 0 N–H and O–H groups in total. The summed E-state index contributed by atoms with van der Waals surface area (Å²) in [5.41, 5.74) is 1.66. The molecule has 7 heteroatoms. The van der Waals surface area contributed by atoms with Gasteiger partial charge in [0.25, 0.3) is 11.5 Å². The number of nitrogens with zero attached hydrogens (tertiary/aromatic N) is 3. The molecule has 0 radical (unpaired) electrons. The lowest BCUT2D eigenvalue weighted by Crippen LogP contribution is -2.39. The van der Waals surface area contributed by atoms with Crippen LogP contribution in [-0.2, 0) is 23.0 Å². The van der Waals surface area contributed by atoms with Gasteiger partial charge in [0, 0.05) is 24.7 Å². The van der Waals surface area contributed by atoms with Gasteiger partial charge in [-0.1, -0.05) is 36.4 Å². The number of rotatable bonds is 3. The molecule has 0 aliphatic carbocycles. The van der Waals surface area contributed by atoms with Crippen LogP contribution in [0.4, 0.5) is 5.69 Å². The van der Waals surface area contributed by atoms with Crippen LogP contribution in [-0.4, -0.2) is 34.3 Å². The number of esters is 1. The third kappa shape index (κ3) is 2.94. The Bertz CT molecular complexity index is 1150. The largest absolute Gasteiger partial charge is 0.448 e. The van der Waals surface area contributed by atoms with Gasteiger partial charge in [-0.3, -0.25) is 9.59 Å². The first-order valence-corrected chi connectivity index (χ1v) is 9.03. The van der Waals surface area contributed by atoms with Crippen molar-refractivity contribution >= 4 is 28.3 Å². The Hall–Kier alpha value is -3.48. The van der Waals surface area contributed by atoms with E-state index in [1.165, 1.54) is 7.05 Å². The van der Waals surface area contributed by atoms with Crippen LogP contribution in [0.25, 0.3) is 10.8 Å². The number of ether oxygens (including phenoxy) is 1. The molecule has 2 aromatic carbocycles. The number of aryl methyl sites for hydroxylation is 1. The molecule has 1 atom stereocenters. The minimum Gasteiger partial charge on any atom is -0.448 e. The summed E-state index contributed by atoms with van der Waals surface area (Å²) < 4.78 is 6.52. The minimum absolute atomic E-state index is 0.0131. The van der Waals surface area contributed by atoms with Crippen LogP contribution in [0.2, 0.25) is 0 Å². The van der Waals surface area contributed by atoms with Crippen molar-refractivity contribution in [2.24, 2.45) is 7.05 Å². The quantitative estimate of drug-likeness (QED) is 0.653. The molecular weight excluding hydrogens is 358 g/mol. The van der Waals surface area contributed by atoms with Gasteiger partial charge >= 0.3 is 5.97 Å². The van der Waals surface area contributed by atoms with Crippen LogP contribution >= 0.6 is 0 Å². The summed E-state index contributed by atoms with van der Waals surface area (Å²) >= 11 is 0. The number of hydrogen-bond donors (Lipinski definition) is 0. The first-order chi connectivity index (χ1) is 13.5. The monoisotopic (exact) mass is 377 g/mol. The zero-order valence-electron chi connectivity index (χ0n) is 15.6. The van der Waals surface area contributed by atoms with Gasteiger partial charge in [-0.05, 0) is 31.0 Å². The molecule has 2 heterocycles. The Morgan fingerprint density at radius 1 is 1.07 bits per heavy atom. The Morgan fingerprint density at radius 3 is 2.54 bits per heavy atom. The molecule has 0 unspecified atom stereocenters. The number of benzene rings is 2. The number of amides is 1. The van der Waals surface area contributed by atoms with Crippen LogP contribution in [0.5, 0.6) is 0 Å². The van der Waals surface area contributed by atoms with Gasteiger partial charge in [0.1, 0.15) is 0 Å². The fraction of sp³-hybridized carbons (Fsp3) is 0.238. The lowest BCUT2D eigenvalue weighted by atomic mass is 10.1. The van der Waals surface area contributed by atoms with E-state index >= 15 is 0 Å². The second kappa shape index (κ2) is 6.92. The molecule has 1 aliphatic rings. The second-order valence-electron chi connectivity index (χ2n) is 6.74.